The first-order chi connectivity index (χ1) is 12.9. The Morgan fingerprint density at radius 1 is 1.33 bits per heavy atom. The van der Waals surface area contributed by atoms with Gasteiger partial charge in [-0.1, -0.05) is 6.07 Å². The molecule has 142 valence electrons. The molecule has 2 N–H and O–H groups in total. The average molecular weight is 371 g/mol. The number of fused-ring (bicyclic) bond motifs is 1. The Bertz CT molecular complexity index is 868. The zero-order valence-corrected chi connectivity index (χ0v) is 15.3. The fourth-order valence-corrected chi connectivity index (χ4v) is 2.87. The number of hydrogen-bond donors (Lipinski definition) is 1. The number of methoxy groups -OCH3 is 1. The van der Waals surface area contributed by atoms with Crippen molar-refractivity contribution in [2.24, 2.45) is 5.73 Å². The van der Waals surface area contributed by atoms with Crippen LogP contribution in [0.15, 0.2) is 36.7 Å². The molecular weight excluding hydrogens is 350 g/mol. The number of benzene rings is 1. The van der Waals surface area contributed by atoms with E-state index in [9.17, 15) is 9.59 Å². The number of ether oxygens (including phenoxy) is 3. The first-order valence-electron chi connectivity index (χ1n) is 8.33. The molecule has 0 spiro atoms. The minimum absolute atomic E-state index is 0.182. The molecule has 0 radical (unpaired) electrons. The molecule has 2 atom stereocenters. The van der Waals surface area contributed by atoms with Gasteiger partial charge in [0, 0.05) is 44.7 Å². The van der Waals surface area contributed by atoms with Gasteiger partial charge in [0.05, 0.1) is 5.56 Å². The molecule has 8 heteroatoms. The summed E-state index contributed by atoms with van der Waals surface area (Å²) in [7, 11) is 4.80. The number of pyridine rings is 1. The van der Waals surface area contributed by atoms with Crippen LogP contribution >= 0.6 is 0 Å². The smallest absolute Gasteiger partial charge is 0.255 e. The zero-order chi connectivity index (χ0) is 19.6. The standard InChI is InChI=1S/C19H21N3O5/c1-22(2)19(24)16(25-3)12-7-11(8-21-9-12)15-10-26-17-13(18(20)23)5-4-6-14(17)27-15/h4-9,15-16H,10H2,1-3H3,(H2,20,23). The van der Waals surface area contributed by atoms with E-state index in [2.05, 4.69) is 4.98 Å². The van der Waals surface area contributed by atoms with Crippen LogP contribution in [0.4, 0.5) is 0 Å². The zero-order valence-electron chi connectivity index (χ0n) is 15.3. The summed E-state index contributed by atoms with van der Waals surface area (Å²) in [5.41, 5.74) is 6.99. The first kappa shape index (κ1) is 18.7. The maximum absolute atomic E-state index is 12.3. The van der Waals surface area contributed by atoms with Gasteiger partial charge in [-0.15, -0.1) is 0 Å². The van der Waals surface area contributed by atoms with Gasteiger partial charge in [0.2, 0.25) is 0 Å². The number of likely N-dealkylation sites (N-methyl/N-ethyl adjacent to an activating group) is 1. The van der Waals surface area contributed by atoms with E-state index in [-0.39, 0.29) is 18.1 Å². The molecule has 1 aromatic carbocycles. The van der Waals surface area contributed by atoms with Crippen LogP contribution in [0.1, 0.15) is 33.7 Å². The largest absolute Gasteiger partial charge is 0.485 e. The molecule has 1 aromatic heterocycles. The molecule has 0 fully saturated rings. The number of amides is 2. The van der Waals surface area contributed by atoms with E-state index in [4.69, 9.17) is 19.9 Å². The van der Waals surface area contributed by atoms with Crippen LogP contribution in [0.5, 0.6) is 11.5 Å². The summed E-state index contributed by atoms with van der Waals surface area (Å²) in [5, 5.41) is 0. The SMILES string of the molecule is COC(C(=O)N(C)C)c1cncc(C2COc3c(cccc3C(N)=O)O2)c1. The number of para-hydroxylation sites is 1. The highest BCUT2D eigenvalue weighted by Gasteiger charge is 2.28. The number of nitrogens with two attached hydrogens (primary N) is 1. The lowest BCUT2D eigenvalue weighted by atomic mass is 10.0. The number of carbonyl (C=O) groups is 2. The fourth-order valence-electron chi connectivity index (χ4n) is 2.87. The van der Waals surface area contributed by atoms with Crippen LogP contribution in [0.2, 0.25) is 0 Å². The van der Waals surface area contributed by atoms with Crippen LogP contribution < -0.4 is 15.2 Å². The highest BCUT2D eigenvalue weighted by Crippen LogP contribution is 2.39. The van der Waals surface area contributed by atoms with Crippen molar-refractivity contribution >= 4 is 11.8 Å². The number of nitrogens with zero attached hydrogens (tertiary/aromatic N) is 2. The predicted octanol–water partition coefficient (Wildman–Crippen LogP) is 1.47. The van der Waals surface area contributed by atoms with Gasteiger partial charge < -0.3 is 24.8 Å². The van der Waals surface area contributed by atoms with Crippen molar-refractivity contribution in [1.82, 2.24) is 9.88 Å². The van der Waals surface area contributed by atoms with Gasteiger partial charge in [-0.3, -0.25) is 14.6 Å². The second kappa shape index (κ2) is 7.63. The van der Waals surface area contributed by atoms with Crippen LogP contribution in [0.25, 0.3) is 0 Å². The lowest BCUT2D eigenvalue weighted by Gasteiger charge is -2.28. The van der Waals surface area contributed by atoms with Gasteiger partial charge in [0.25, 0.3) is 11.8 Å². The molecule has 2 aromatic rings. The number of carbonyl (C=O) groups excluding carboxylic acids is 2. The third-order valence-corrected chi connectivity index (χ3v) is 4.25. The van der Waals surface area contributed by atoms with Crippen LogP contribution in [0.3, 0.4) is 0 Å². The number of rotatable bonds is 5. The van der Waals surface area contributed by atoms with Crippen molar-refractivity contribution in [3.63, 3.8) is 0 Å². The molecule has 0 saturated carbocycles. The molecule has 1 aliphatic rings. The van der Waals surface area contributed by atoms with E-state index in [1.807, 2.05) is 0 Å². The average Bonchev–Trinajstić information content (AvgIpc) is 2.67. The van der Waals surface area contributed by atoms with E-state index in [1.54, 1.807) is 50.8 Å². The summed E-state index contributed by atoms with van der Waals surface area (Å²) in [6.07, 6.45) is 2.03. The Morgan fingerprint density at radius 2 is 2.11 bits per heavy atom. The van der Waals surface area contributed by atoms with Crippen LogP contribution in [0, 0.1) is 0 Å². The van der Waals surface area contributed by atoms with Gasteiger partial charge in [-0.25, -0.2) is 0 Å². The van der Waals surface area contributed by atoms with Crippen molar-refractivity contribution in [2.45, 2.75) is 12.2 Å². The van der Waals surface area contributed by atoms with E-state index in [1.165, 1.54) is 12.0 Å². The summed E-state index contributed by atoms with van der Waals surface area (Å²) >= 11 is 0. The highest BCUT2D eigenvalue weighted by molar-refractivity contribution is 5.96. The van der Waals surface area contributed by atoms with Crippen LogP contribution in [-0.4, -0.2) is 49.5 Å². The Kier molecular flexibility index (Phi) is 5.27. The Morgan fingerprint density at radius 3 is 2.78 bits per heavy atom. The van der Waals surface area contributed by atoms with Gasteiger partial charge in [-0.2, -0.15) is 0 Å². The lowest BCUT2D eigenvalue weighted by Crippen LogP contribution is -2.29. The van der Waals surface area contributed by atoms with Crippen molar-refractivity contribution in [1.29, 1.82) is 0 Å². The summed E-state index contributed by atoms with van der Waals surface area (Å²) < 4.78 is 17.1. The molecule has 0 aliphatic carbocycles. The summed E-state index contributed by atoms with van der Waals surface area (Å²) in [6, 6.07) is 6.78. The van der Waals surface area contributed by atoms with Gasteiger partial charge in [0.15, 0.2) is 23.7 Å². The van der Waals surface area contributed by atoms with Crippen molar-refractivity contribution < 1.29 is 23.8 Å². The second-order valence-corrected chi connectivity index (χ2v) is 6.31. The molecule has 2 amide bonds. The van der Waals surface area contributed by atoms with Crippen molar-refractivity contribution in [3.8, 4) is 11.5 Å². The topological polar surface area (TPSA) is 104 Å². The van der Waals surface area contributed by atoms with Crippen LogP contribution in [-0.2, 0) is 9.53 Å². The maximum Gasteiger partial charge on any atom is 0.255 e. The second-order valence-electron chi connectivity index (χ2n) is 6.31. The summed E-state index contributed by atoms with van der Waals surface area (Å²) in [4.78, 5) is 29.5. The van der Waals surface area contributed by atoms with E-state index >= 15 is 0 Å². The quantitative estimate of drug-likeness (QED) is 0.853. The van der Waals surface area contributed by atoms with Gasteiger partial charge in [0.1, 0.15) is 6.61 Å². The molecule has 27 heavy (non-hydrogen) atoms. The highest BCUT2D eigenvalue weighted by atomic mass is 16.6. The molecule has 8 nitrogen and oxygen atoms in total. The van der Waals surface area contributed by atoms with Gasteiger partial charge >= 0.3 is 0 Å². The Hall–Kier alpha value is -3.13. The molecular formula is C19H21N3O5. The lowest BCUT2D eigenvalue weighted by molar-refractivity contribution is -0.139. The third kappa shape index (κ3) is 3.70. The molecule has 2 unspecified atom stereocenters. The minimum atomic E-state index is -0.759. The Balaban J connectivity index is 1.87. The van der Waals surface area contributed by atoms with Crippen molar-refractivity contribution in [3.05, 3.63) is 53.3 Å². The minimum Gasteiger partial charge on any atom is -0.485 e. The molecule has 0 bridgehead atoms. The first-order valence-corrected chi connectivity index (χ1v) is 8.33. The molecule has 1 aliphatic heterocycles. The summed E-state index contributed by atoms with van der Waals surface area (Å²) in [5.74, 6) is -0.0000590. The summed E-state index contributed by atoms with van der Waals surface area (Å²) in [6.45, 7) is 0.182. The fraction of sp³-hybridized carbons (Fsp3) is 0.316. The van der Waals surface area contributed by atoms with E-state index in [0.29, 0.717) is 17.1 Å². The number of primary amides is 1. The predicted molar refractivity (Wildman–Crippen MR) is 96.5 cm³/mol. The van der Waals surface area contributed by atoms with E-state index in [0.717, 1.165) is 5.56 Å². The maximum atomic E-state index is 12.3. The van der Waals surface area contributed by atoms with Crippen molar-refractivity contribution in [2.75, 3.05) is 27.8 Å². The monoisotopic (exact) mass is 371 g/mol. The number of hydrogen-bond acceptors (Lipinski definition) is 6. The van der Waals surface area contributed by atoms with E-state index < -0.39 is 18.1 Å². The molecule has 2 heterocycles. The number of aromatic nitrogens is 1. The third-order valence-electron chi connectivity index (χ3n) is 4.25. The normalized spacial score (nSPS) is 16.5. The molecule has 0 saturated heterocycles. The van der Waals surface area contributed by atoms with Gasteiger partial charge in [-0.05, 0) is 18.2 Å². The Labute approximate surface area is 156 Å². The molecule has 3 rings (SSSR count).